The van der Waals surface area contributed by atoms with Crippen LogP contribution >= 0.6 is 15.9 Å². The van der Waals surface area contributed by atoms with Crippen molar-refractivity contribution in [1.29, 1.82) is 0 Å². The Morgan fingerprint density at radius 1 is 0.967 bits per heavy atom. The molecule has 0 unspecified atom stereocenters. The monoisotopic (exact) mass is 489 g/mol. The molecule has 30 heavy (non-hydrogen) atoms. The highest BCUT2D eigenvalue weighted by molar-refractivity contribution is 9.10. The maximum absolute atomic E-state index is 13.3. The lowest BCUT2D eigenvalue weighted by atomic mass is 10.2. The number of carbonyl (C=O) groups excluding carboxylic acids is 1. The van der Waals surface area contributed by atoms with Crippen molar-refractivity contribution in [2.45, 2.75) is 11.8 Å². The summed E-state index contributed by atoms with van der Waals surface area (Å²) in [7, 11) is -2.63. The van der Waals surface area contributed by atoms with E-state index in [2.05, 4.69) is 15.9 Å². The van der Waals surface area contributed by atoms with E-state index in [0.29, 0.717) is 11.5 Å². The Morgan fingerprint density at radius 2 is 1.60 bits per heavy atom. The number of hydrogen-bond donors (Lipinski definition) is 0. The van der Waals surface area contributed by atoms with Crippen molar-refractivity contribution in [3.05, 3.63) is 82.8 Å². The molecule has 0 aromatic heterocycles. The van der Waals surface area contributed by atoms with Gasteiger partial charge in [-0.15, -0.1) is 0 Å². The normalized spacial score (nSPS) is 11.0. The van der Waals surface area contributed by atoms with Gasteiger partial charge < -0.3 is 9.47 Å². The van der Waals surface area contributed by atoms with E-state index in [1.54, 1.807) is 48.5 Å². The Balaban J connectivity index is 1.93. The molecule has 0 saturated carbocycles. The molecule has 0 radical (unpaired) electrons. The third-order valence-electron chi connectivity index (χ3n) is 4.31. The minimum atomic E-state index is -4.14. The summed E-state index contributed by atoms with van der Waals surface area (Å²) in [4.78, 5) is 13.0. The third-order valence-corrected chi connectivity index (χ3v) is 6.96. The maximum Gasteiger partial charge on any atom is 0.278 e. The zero-order valence-corrected chi connectivity index (χ0v) is 18.8. The van der Waals surface area contributed by atoms with Gasteiger partial charge in [0.1, 0.15) is 11.5 Å². The number of ether oxygens (including phenoxy) is 2. The van der Waals surface area contributed by atoms with Crippen LogP contribution in [-0.2, 0) is 14.8 Å². The molecule has 0 aliphatic carbocycles. The number of benzene rings is 3. The summed E-state index contributed by atoms with van der Waals surface area (Å²) < 4.78 is 38.9. The van der Waals surface area contributed by atoms with Crippen molar-refractivity contribution in [1.82, 2.24) is 0 Å². The van der Waals surface area contributed by atoms with Crippen LogP contribution in [0, 0.1) is 6.92 Å². The Kier molecular flexibility index (Phi) is 6.79. The van der Waals surface area contributed by atoms with E-state index in [-0.39, 0.29) is 10.6 Å². The highest BCUT2D eigenvalue weighted by Gasteiger charge is 2.31. The summed E-state index contributed by atoms with van der Waals surface area (Å²) in [5.41, 5.74) is 1.13. The van der Waals surface area contributed by atoms with Gasteiger partial charge in [-0.2, -0.15) is 4.31 Å². The highest BCUT2D eigenvalue weighted by atomic mass is 79.9. The van der Waals surface area contributed by atoms with E-state index in [1.165, 1.54) is 31.4 Å². The summed E-state index contributed by atoms with van der Waals surface area (Å²) in [6, 6.07) is 19.3. The van der Waals surface area contributed by atoms with Crippen molar-refractivity contribution >= 4 is 37.5 Å². The fourth-order valence-corrected chi connectivity index (χ4v) is 4.42. The number of rotatable bonds is 7. The topological polar surface area (TPSA) is 72.9 Å². The first kappa shape index (κ1) is 21.9. The molecule has 8 heteroatoms. The first-order chi connectivity index (χ1) is 14.3. The number of anilines is 1. The number of sulfonamides is 1. The second kappa shape index (κ2) is 9.32. The summed E-state index contributed by atoms with van der Waals surface area (Å²) in [6.07, 6.45) is 0. The molecule has 0 spiro atoms. The molecule has 0 aliphatic rings. The van der Waals surface area contributed by atoms with Crippen LogP contribution < -0.4 is 13.8 Å². The molecule has 6 nitrogen and oxygen atoms in total. The lowest BCUT2D eigenvalue weighted by molar-refractivity contribution is -0.119. The van der Waals surface area contributed by atoms with E-state index >= 15 is 0 Å². The third kappa shape index (κ3) is 4.83. The van der Waals surface area contributed by atoms with Crippen LogP contribution in [0.15, 0.2) is 82.2 Å². The van der Waals surface area contributed by atoms with Gasteiger partial charge in [0.05, 0.1) is 17.7 Å². The van der Waals surface area contributed by atoms with Gasteiger partial charge in [0, 0.05) is 4.47 Å². The molecule has 3 aromatic carbocycles. The summed E-state index contributed by atoms with van der Waals surface area (Å²) in [5.74, 6) is 0.297. The summed E-state index contributed by atoms with van der Waals surface area (Å²) in [6.45, 7) is 1.45. The Bertz CT molecular complexity index is 1130. The van der Waals surface area contributed by atoms with Crippen LogP contribution in [0.25, 0.3) is 0 Å². The van der Waals surface area contributed by atoms with E-state index < -0.39 is 22.5 Å². The van der Waals surface area contributed by atoms with Crippen LogP contribution in [-0.4, -0.2) is 28.0 Å². The van der Waals surface area contributed by atoms with E-state index in [9.17, 15) is 13.2 Å². The lowest BCUT2D eigenvalue weighted by Gasteiger charge is -2.23. The number of halogens is 1. The van der Waals surface area contributed by atoms with Crippen molar-refractivity contribution in [3.8, 4) is 11.5 Å². The van der Waals surface area contributed by atoms with Gasteiger partial charge in [-0.05, 0) is 67.1 Å². The average molecular weight is 490 g/mol. The van der Waals surface area contributed by atoms with Crippen LogP contribution in [0.5, 0.6) is 11.5 Å². The standard InChI is InChI=1S/C22H20BrNO5S/c1-16-14-19(12-13-21(16)23)29-15-22(25)24(17-8-10-18(28-2)11-9-17)30(26,27)20-6-4-3-5-7-20/h3-14H,15H2,1-2H3. The molecule has 0 bridgehead atoms. The predicted molar refractivity (Wildman–Crippen MR) is 118 cm³/mol. The van der Waals surface area contributed by atoms with E-state index in [0.717, 1.165) is 14.3 Å². The van der Waals surface area contributed by atoms with Crippen molar-refractivity contribution in [2.24, 2.45) is 0 Å². The summed E-state index contributed by atoms with van der Waals surface area (Å²) in [5, 5.41) is 0. The van der Waals surface area contributed by atoms with Gasteiger partial charge in [-0.1, -0.05) is 34.1 Å². The van der Waals surface area contributed by atoms with Crippen LogP contribution in [0.4, 0.5) is 5.69 Å². The quantitative estimate of drug-likeness (QED) is 0.486. The zero-order chi connectivity index (χ0) is 21.7. The fraction of sp³-hybridized carbons (Fsp3) is 0.136. The number of methoxy groups -OCH3 is 1. The molecule has 0 fully saturated rings. The molecule has 1 amide bonds. The second-order valence-electron chi connectivity index (χ2n) is 6.37. The largest absolute Gasteiger partial charge is 0.497 e. The van der Waals surface area contributed by atoms with Crippen molar-refractivity contribution in [3.63, 3.8) is 0 Å². The molecule has 0 aliphatic heterocycles. The molecule has 156 valence electrons. The number of amides is 1. The lowest BCUT2D eigenvalue weighted by Crippen LogP contribution is -2.40. The molecule has 3 rings (SSSR count). The zero-order valence-electron chi connectivity index (χ0n) is 16.4. The highest BCUT2D eigenvalue weighted by Crippen LogP contribution is 2.27. The first-order valence-electron chi connectivity index (χ1n) is 8.99. The van der Waals surface area contributed by atoms with Crippen molar-refractivity contribution < 1.29 is 22.7 Å². The predicted octanol–water partition coefficient (Wildman–Crippen LogP) is 4.57. The van der Waals surface area contributed by atoms with Gasteiger partial charge in [0.2, 0.25) is 0 Å². The van der Waals surface area contributed by atoms with Gasteiger partial charge in [0.25, 0.3) is 15.9 Å². The van der Waals surface area contributed by atoms with Gasteiger partial charge in [-0.3, -0.25) is 4.79 Å². The molecule has 0 saturated heterocycles. The fourth-order valence-electron chi connectivity index (χ4n) is 2.74. The smallest absolute Gasteiger partial charge is 0.278 e. The number of aryl methyl sites for hydroxylation is 1. The average Bonchev–Trinajstić information content (AvgIpc) is 2.75. The van der Waals surface area contributed by atoms with Crippen LogP contribution in [0.3, 0.4) is 0 Å². The van der Waals surface area contributed by atoms with Gasteiger partial charge in [0.15, 0.2) is 6.61 Å². The number of carbonyl (C=O) groups is 1. The van der Waals surface area contributed by atoms with Crippen molar-refractivity contribution in [2.75, 3.05) is 18.0 Å². The molecule has 0 heterocycles. The van der Waals surface area contributed by atoms with E-state index in [4.69, 9.17) is 9.47 Å². The molecule has 3 aromatic rings. The van der Waals surface area contributed by atoms with Gasteiger partial charge >= 0.3 is 0 Å². The minimum Gasteiger partial charge on any atom is -0.497 e. The van der Waals surface area contributed by atoms with Crippen LogP contribution in [0.2, 0.25) is 0 Å². The minimum absolute atomic E-state index is 0.00801. The second-order valence-corrected chi connectivity index (χ2v) is 9.01. The van der Waals surface area contributed by atoms with Crippen LogP contribution in [0.1, 0.15) is 5.56 Å². The van der Waals surface area contributed by atoms with E-state index in [1.807, 2.05) is 6.92 Å². The molecule has 0 N–H and O–H groups in total. The molecule has 0 atom stereocenters. The Morgan fingerprint density at radius 3 is 2.20 bits per heavy atom. The number of hydrogen-bond acceptors (Lipinski definition) is 5. The SMILES string of the molecule is COc1ccc(N(C(=O)COc2ccc(Br)c(C)c2)S(=O)(=O)c2ccccc2)cc1. The molecular weight excluding hydrogens is 470 g/mol. The molecular formula is C22H20BrNO5S. The maximum atomic E-state index is 13.3. The summed E-state index contributed by atoms with van der Waals surface area (Å²) >= 11 is 3.41. The van der Waals surface area contributed by atoms with Gasteiger partial charge in [-0.25, -0.2) is 8.42 Å². The number of nitrogens with zero attached hydrogens (tertiary/aromatic N) is 1. The Labute approximate surface area is 184 Å². The first-order valence-corrected chi connectivity index (χ1v) is 11.2. The Hall–Kier alpha value is -2.84.